The number of anilines is 1. The van der Waals surface area contributed by atoms with Crippen molar-refractivity contribution in [3.8, 4) is 21.7 Å². The van der Waals surface area contributed by atoms with E-state index in [0.29, 0.717) is 12.8 Å². The van der Waals surface area contributed by atoms with Gasteiger partial charge in [-0.15, -0.1) is 11.3 Å². The summed E-state index contributed by atoms with van der Waals surface area (Å²) in [5, 5.41) is 7.81. The second kappa shape index (κ2) is 6.74. The summed E-state index contributed by atoms with van der Waals surface area (Å²) in [7, 11) is 0. The molecule has 4 aromatic rings. The van der Waals surface area contributed by atoms with Crippen LogP contribution in [0.25, 0.3) is 31.9 Å². The SMILES string of the molecule is FC1CCN(c2ccc(-c3nc4ccc(-c5cn[nH]c5)cc4s3)cn2)CC1. The Morgan fingerprint density at radius 1 is 1.04 bits per heavy atom. The fraction of sp³-hybridized carbons (Fsp3) is 0.250. The molecule has 0 aliphatic carbocycles. The predicted octanol–water partition coefficient (Wildman–Crippen LogP) is 4.69. The van der Waals surface area contributed by atoms with Crippen molar-refractivity contribution in [3.05, 3.63) is 48.9 Å². The predicted molar refractivity (Wildman–Crippen MR) is 107 cm³/mol. The molecule has 7 heteroatoms. The van der Waals surface area contributed by atoms with E-state index < -0.39 is 6.17 Å². The molecular weight excluding hydrogens is 361 g/mol. The van der Waals surface area contributed by atoms with Crippen LogP contribution in [0, 0.1) is 0 Å². The van der Waals surface area contributed by atoms with E-state index >= 15 is 0 Å². The maximum absolute atomic E-state index is 13.3. The van der Waals surface area contributed by atoms with E-state index in [9.17, 15) is 4.39 Å². The molecule has 27 heavy (non-hydrogen) atoms. The van der Waals surface area contributed by atoms with Gasteiger partial charge in [-0.25, -0.2) is 14.4 Å². The molecule has 1 aliphatic heterocycles. The minimum Gasteiger partial charge on any atom is -0.356 e. The first-order chi connectivity index (χ1) is 13.3. The third-order valence-electron chi connectivity index (χ3n) is 4.96. The van der Waals surface area contributed by atoms with Gasteiger partial charge in [0.25, 0.3) is 0 Å². The number of rotatable bonds is 3. The van der Waals surface area contributed by atoms with Crippen LogP contribution < -0.4 is 4.90 Å². The van der Waals surface area contributed by atoms with Gasteiger partial charge < -0.3 is 4.90 Å². The third-order valence-corrected chi connectivity index (χ3v) is 6.03. The largest absolute Gasteiger partial charge is 0.356 e. The molecule has 1 aliphatic rings. The number of benzene rings is 1. The molecular formula is C20H18FN5S. The summed E-state index contributed by atoms with van der Waals surface area (Å²) < 4.78 is 14.5. The second-order valence-corrected chi connectivity index (χ2v) is 7.79. The standard InChI is InChI=1S/C20H18FN5S/c21-16-5-7-26(8-6-16)19-4-2-14(10-22-19)20-25-17-3-1-13(9-18(17)27-20)15-11-23-24-12-15/h1-4,9-12,16H,5-8H2,(H,23,24). The molecule has 1 fully saturated rings. The Balaban J connectivity index is 1.41. The van der Waals surface area contributed by atoms with E-state index in [1.54, 1.807) is 11.3 Å². The van der Waals surface area contributed by atoms with Crippen LogP contribution in [-0.4, -0.2) is 39.4 Å². The molecule has 0 radical (unpaired) electrons. The molecule has 5 rings (SSSR count). The van der Waals surface area contributed by atoms with Gasteiger partial charge in [0.1, 0.15) is 17.0 Å². The highest BCUT2D eigenvalue weighted by Gasteiger charge is 2.19. The maximum atomic E-state index is 13.3. The zero-order valence-corrected chi connectivity index (χ0v) is 15.4. The molecule has 0 saturated carbocycles. The quantitative estimate of drug-likeness (QED) is 0.561. The lowest BCUT2D eigenvalue weighted by Gasteiger charge is -2.29. The molecule has 1 N–H and O–H groups in total. The Kier molecular flexibility index (Phi) is 4.09. The summed E-state index contributed by atoms with van der Waals surface area (Å²) in [5.74, 6) is 0.911. The summed E-state index contributed by atoms with van der Waals surface area (Å²) in [6.45, 7) is 1.46. The summed E-state index contributed by atoms with van der Waals surface area (Å²) >= 11 is 1.66. The molecule has 0 unspecified atom stereocenters. The van der Waals surface area contributed by atoms with Crippen molar-refractivity contribution < 1.29 is 4.39 Å². The zero-order chi connectivity index (χ0) is 18.2. The van der Waals surface area contributed by atoms with Crippen LogP contribution in [0.1, 0.15) is 12.8 Å². The van der Waals surface area contributed by atoms with Crippen LogP contribution >= 0.6 is 11.3 Å². The van der Waals surface area contributed by atoms with Crippen molar-refractivity contribution in [1.82, 2.24) is 20.2 Å². The lowest BCUT2D eigenvalue weighted by Crippen LogP contribution is -2.34. The van der Waals surface area contributed by atoms with E-state index in [2.05, 4.69) is 38.3 Å². The van der Waals surface area contributed by atoms with E-state index in [1.165, 1.54) is 0 Å². The number of piperidine rings is 1. The number of H-pyrrole nitrogens is 1. The van der Waals surface area contributed by atoms with Gasteiger partial charge in [0, 0.05) is 36.6 Å². The van der Waals surface area contributed by atoms with Crippen molar-refractivity contribution in [1.29, 1.82) is 0 Å². The number of nitrogens with one attached hydrogen (secondary N) is 1. The fourth-order valence-electron chi connectivity index (χ4n) is 3.41. The van der Waals surface area contributed by atoms with Gasteiger partial charge in [-0.3, -0.25) is 5.10 Å². The molecule has 4 heterocycles. The molecule has 0 spiro atoms. The molecule has 5 nitrogen and oxygen atoms in total. The minimum absolute atomic E-state index is 0.584. The van der Waals surface area contributed by atoms with Gasteiger partial charge in [0.05, 0.1) is 16.4 Å². The summed E-state index contributed by atoms with van der Waals surface area (Å²) in [5.41, 5.74) is 4.17. The van der Waals surface area contributed by atoms with Crippen LogP contribution in [0.4, 0.5) is 10.2 Å². The number of alkyl halides is 1. The van der Waals surface area contributed by atoms with Crippen LogP contribution in [0.2, 0.25) is 0 Å². The summed E-state index contributed by atoms with van der Waals surface area (Å²) in [4.78, 5) is 11.5. The van der Waals surface area contributed by atoms with E-state index in [4.69, 9.17) is 4.98 Å². The Labute approximate surface area is 159 Å². The number of halogens is 1. The van der Waals surface area contributed by atoms with Gasteiger partial charge in [-0.2, -0.15) is 5.10 Å². The first-order valence-electron chi connectivity index (χ1n) is 9.01. The smallest absolute Gasteiger partial charge is 0.128 e. The fourth-order valence-corrected chi connectivity index (χ4v) is 4.41. The Hall–Kier alpha value is -2.80. The minimum atomic E-state index is -0.671. The maximum Gasteiger partial charge on any atom is 0.128 e. The molecule has 136 valence electrons. The molecule has 0 atom stereocenters. The van der Waals surface area contributed by atoms with Crippen molar-refractivity contribution >= 4 is 27.4 Å². The third kappa shape index (κ3) is 3.19. The number of thiazole rings is 1. The van der Waals surface area contributed by atoms with Gasteiger partial charge in [0.15, 0.2) is 0 Å². The molecule has 0 bridgehead atoms. The zero-order valence-electron chi connectivity index (χ0n) is 14.6. The molecule has 3 aromatic heterocycles. The van der Waals surface area contributed by atoms with E-state index in [0.717, 1.165) is 50.8 Å². The lowest BCUT2D eigenvalue weighted by molar-refractivity contribution is 0.277. The number of hydrogen-bond acceptors (Lipinski definition) is 5. The number of hydrogen-bond donors (Lipinski definition) is 1. The summed E-state index contributed by atoms with van der Waals surface area (Å²) in [6.07, 6.45) is 6.07. The van der Waals surface area contributed by atoms with E-state index in [-0.39, 0.29) is 0 Å². The van der Waals surface area contributed by atoms with Crippen LogP contribution in [0.5, 0.6) is 0 Å². The van der Waals surface area contributed by atoms with Crippen LogP contribution in [0.15, 0.2) is 48.9 Å². The van der Waals surface area contributed by atoms with Crippen molar-refractivity contribution in [2.45, 2.75) is 19.0 Å². The van der Waals surface area contributed by atoms with Gasteiger partial charge in [-0.05, 0) is 42.7 Å². The van der Waals surface area contributed by atoms with Gasteiger partial charge in [-0.1, -0.05) is 6.07 Å². The van der Waals surface area contributed by atoms with Crippen LogP contribution in [-0.2, 0) is 0 Å². The highest BCUT2D eigenvalue weighted by atomic mass is 32.1. The topological polar surface area (TPSA) is 57.7 Å². The Morgan fingerprint density at radius 2 is 1.89 bits per heavy atom. The molecule has 1 aromatic carbocycles. The van der Waals surface area contributed by atoms with Crippen molar-refractivity contribution in [2.24, 2.45) is 0 Å². The number of nitrogens with zero attached hydrogens (tertiary/aromatic N) is 4. The highest BCUT2D eigenvalue weighted by molar-refractivity contribution is 7.21. The van der Waals surface area contributed by atoms with Crippen molar-refractivity contribution in [2.75, 3.05) is 18.0 Å². The lowest BCUT2D eigenvalue weighted by atomic mass is 10.1. The van der Waals surface area contributed by atoms with Crippen LogP contribution in [0.3, 0.4) is 0 Å². The number of pyridine rings is 1. The molecule has 1 saturated heterocycles. The van der Waals surface area contributed by atoms with Crippen molar-refractivity contribution in [3.63, 3.8) is 0 Å². The Morgan fingerprint density at radius 3 is 2.63 bits per heavy atom. The first kappa shape index (κ1) is 16.4. The van der Waals surface area contributed by atoms with Gasteiger partial charge >= 0.3 is 0 Å². The highest BCUT2D eigenvalue weighted by Crippen LogP contribution is 2.33. The normalized spacial score (nSPS) is 15.5. The Bertz CT molecular complexity index is 1050. The first-order valence-corrected chi connectivity index (χ1v) is 9.83. The second-order valence-electron chi connectivity index (χ2n) is 6.76. The number of fused-ring (bicyclic) bond motifs is 1. The number of aromatic amines is 1. The number of aromatic nitrogens is 4. The average molecular weight is 379 g/mol. The van der Waals surface area contributed by atoms with Gasteiger partial charge in [0.2, 0.25) is 0 Å². The average Bonchev–Trinajstić information content (AvgIpc) is 3.38. The molecule has 0 amide bonds. The van der Waals surface area contributed by atoms with E-state index in [1.807, 2.05) is 30.7 Å². The summed E-state index contributed by atoms with van der Waals surface area (Å²) in [6, 6.07) is 10.3. The monoisotopic (exact) mass is 379 g/mol.